The zero-order valence-electron chi connectivity index (χ0n) is 25.0. The van der Waals surface area contributed by atoms with Crippen LogP contribution in [-0.4, -0.2) is 50.5 Å². The van der Waals surface area contributed by atoms with Gasteiger partial charge >= 0.3 is 0 Å². The summed E-state index contributed by atoms with van der Waals surface area (Å²) in [6, 6.07) is 21.8. The molecule has 3 rings (SSSR count). The first-order valence-electron chi connectivity index (χ1n) is 14.4. The van der Waals surface area contributed by atoms with Gasteiger partial charge in [0.05, 0.1) is 11.9 Å². The molecule has 0 aliphatic rings. The van der Waals surface area contributed by atoms with Gasteiger partial charge in [0.25, 0.3) is 0 Å². The molecule has 3 aromatic carbocycles. The van der Waals surface area contributed by atoms with Gasteiger partial charge in [-0.15, -0.1) is 0 Å². The molecule has 2 amide bonds. The van der Waals surface area contributed by atoms with Crippen LogP contribution in [0.3, 0.4) is 0 Å². The maximum atomic E-state index is 13.9. The molecule has 0 saturated heterocycles. The SMILES string of the molecule is CCCCNC(=O)C(Cc1ccccc1)N(Cc1ccc(Cl)cc1)C(=O)CCCN(c1cc(C)ccc1C)S(C)(=O)=O. The number of hydrogen-bond donors (Lipinski definition) is 1. The van der Waals surface area contributed by atoms with Crippen molar-refractivity contribution in [1.29, 1.82) is 0 Å². The smallest absolute Gasteiger partial charge is 0.243 e. The van der Waals surface area contributed by atoms with E-state index >= 15 is 0 Å². The van der Waals surface area contributed by atoms with Crippen molar-refractivity contribution in [3.05, 3.63) is 100 Å². The van der Waals surface area contributed by atoms with E-state index in [1.807, 2.05) is 74.5 Å². The molecule has 0 aliphatic carbocycles. The average molecular weight is 612 g/mol. The summed E-state index contributed by atoms with van der Waals surface area (Å²) in [7, 11) is -3.58. The number of aryl methyl sites for hydroxylation is 2. The van der Waals surface area contributed by atoms with Crippen molar-refractivity contribution < 1.29 is 18.0 Å². The fourth-order valence-electron chi connectivity index (χ4n) is 4.82. The molecule has 3 aromatic rings. The Bertz CT molecular complexity index is 1430. The number of nitrogens with zero attached hydrogens (tertiary/aromatic N) is 2. The number of hydrogen-bond acceptors (Lipinski definition) is 4. The zero-order chi connectivity index (χ0) is 30.7. The molecule has 0 bridgehead atoms. The Morgan fingerprint density at radius 2 is 1.62 bits per heavy atom. The van der Waals surface area contributed by atoms with Crippen molar-refractivity contribution in [3.8, 4) is 0 Å². The Morgan fingerprint density at radius 1 is 0.929 bits per heavy atom. The normalized spacial score (nSPS) is 12.0. The first-order valence-corrected chi connectivity index (χ1v) is 16.6. The molecule has 1 N–H and O–H groups in total. The monoisotopic (exact) mass is 611 g/mol. The maximum Gasteiger partial charge on any atom is 0.243 e. The number of amides is 2. The van der Waals surface area contributed by atoms with Crippen molar-refractivity contribution in [2.45, 2.75) is 65.5 Å². The van der Waals surface area contributed by atoms with Gasteiger partial charge in [-0.05, 0) is 67.1 Å². The third-order valence-electron chi connectivity index (χ3n) is 7.15. The van der Waals surface area contributed by atoms with E-state index in [0.717, 1.165) is 35.1 Å². The largest absolute Gasteiger partial charge is 0.354 e. The second-order valence-electron chi connectivity index (χ2n) is 10.7. The van der Waals surface area contributed by atoms with Crippen molar-refractivity contribution in [3.63, 3.8) is 0 Å². The molecule has 0 aromatic heterocycles. The lowest BCUT2D eigenvalue weighted by molar-refractivity contribution is -0.141. The highest BCUT2D eigenvalue weighted by atomic mass is 35.5. The molecular weight excluding hydrogens is 570 g/mol. The van der Waals surface area contributed by atoms with Gasteiger partial charge in [0.1, 0.15) is 6.04 Å². The van der Waals surface area contributed by atoms with Crippen molar-refractivity contribution >= 4 is 39.1 Å². The molecule has 9 heteroatoms. The molecule has 226 valence electrons. The van der Waals surface area contributed by atoms with E-state index in [2.05, 4.69) is 12.2 Å². The Morgan fingerprint density at radius 3 is 2.26 bits per heavy atom. The zero-order valence-corrected chi connectivity index (χ0v) is 26.5. The summed E-state index contributed by atoms with van der Waals surface area (Å²) in [5.41, 5.74) is 4.20. The van der Waals surface area contributed by atoms with Crippen LogP contribution in [0.25, 0.3) is 0 Å². The van der Waals surface area contributed by atoms with Crippen LogP contribution in [0.15, 0.2) is 72.8 Å². The summed E-state index contributed by atoms with van der Waals surface area (Å²) in [5.74, 6) is -0.422. The van der Waals surface area contributed by atoms with E-state index < -0.39 is 16.1 Å². The quantitative estimate of drug-likeness (QED) is 0.212. The number of benzene rings is 3. The minimum atomic E-state index is -3.58. The van der Waals surface area contributed by atoms with Crippen LogP contribution in [0.1, 0.15) is 54.9 Å². The standard InChI is InChI=1S/C33H42ClN3O4S/c1-5-6-20-35-33(39)31(23-27-11-8-7-9-12-27)36(24-28-16-18-29(34)19-17-28)32(38)13-10-21-37(42(4,40)41)30-22-25(2)14-15-26(30)3/h7-9,11-12,14-19,22,31H,5-6,10,13,20-21,23-24H2,1-4H3,(H,35,39). The lowest BCUT2D eigenvalue weighted by Gasteiger charge is -2.32. The molecular formula is C33H42ClN3O4S. The summed E-state index contributed by atoms with van der Waals surface area (Å²) in [6.45, 7) is 6.75. The number of unbranched alkanes of at least 4 members (excludes halogenated alkanes) is 1. The van der Waals surface area contributed by atoms with Crippen LogP contribution in [-0.2, 0) is 32.6 Å². The first kappa shape index (κ1) is 33.1. The third kappa shape index (κ3) is 9.88. The van der Waals surface area contributed by atoms with Gasteiger partial charge in [0.2, 0.25) is 21.8 Å². The van der Waals surface area contributed by atoms with Crippen LogP contribution in [0.2, 0.25) is 5.02 Å². The topological polar surface area (TPSA) is 86.8 Å². The maximum absolute atomic E-state index is 13.9. The predicted octanol–water partition coefficient (Wildman–Crippen LogP) is 6.06. The molecule has 0 aliphatic heterocycles. The van der Waals surface area contributed by atoms with E-state index in [4.69, 9.17) is 11.6 Å². The summed E-state index contributed by atoms with van der Waals surface area (Å²) >= 11 is 6.11. The van der Waals surface area contributed by atoms with Crippen molar-refractivity contribution in [2.75, 3.05) is 23.7 Å². The minimum Gasteiger partial charge on any atom is -0.354 e. The van der Waals surface area contributed by atoms with Crippen LogP contribution in [0.4, 0.5) is 5.69 Å². The highest BCUT2D eigenvalue weighted by molar-refractivity contribution is 7.92. The van der Waals surface area contributed by atoms with Crippen molar-refractivity contribution in [2.24, 2.45) is 0 Å². The molecule has 0 radical (unpaired) electrons. The van der Waals surface area contributed by atoms with Gasteiger partial charge in [-0.3, -0.25) is 13.9 Å². The van der Waals surface area contributed by atoms with Gasteiger partial charge in [-0.25, -0.2) is 8.42 Å². The molecule has 1 unspecified atom stereocenters. The molecule has 42 heavy (non-hydrogen) atoms. The van der Waals surface area contributed by atoms with E-state index in [9.17, 15) is 18.0 Å². The highest BCUT2D eigenvalue weighted by Crippen LogP contribution is 2.25. The Hall–Kier alpha value is -3.36. The first-order chi connectivity index (χ1) is 20.0. The lowest BCUT2D eigenvalue weighted by Crippen LogP contribution is -2.50. The molecule has 0 fully saturated rings. The summed E-state index contributed by atoms with van der Waals surface area (Å²) < 4.78 is 26.9. The van der Waals surface area contributed by atoms with E-state index in [0.29, 0.717) is 30.1 Å². The van der Waals surface area contributed by atoms with Crippen LogP contribution in [0.5, 0.6) is 0 Å². The second kappa shape index (κ2) is 15.8. The van der Waals surface area contributed by atoms with E-state index in [-0.39, 0.29) is 31.3 Å². The molecule has 0 spiro atoms. The average Bonchev–Trinajstić information content (AvgIpc) is 2.95. The summed E-state index contributed by atoms with van der Waals surface area (Å²) in [5, 5.41) is 3.61. The number of halogens is 1. The number of nitrogens with one attached hydrogen (secondary N) is 1. The molecule has 1 atom stereocenters. The number of carbonyl (C=O) groups excluding carboxylic acids is 2. The highest BCUT2D eigenvalue weighted by Gasteiger charge is 2.30. The van der Waals surface area contributed by atoms with Crippen LogP contribution in [0, 0.1) is 13.8 Å². The summed E-state index contributed by atoms with van der Waals surface area (Å²) in [6.07, 6.45) is 3.70. The van der Waals surface area contributed by atoms with E-state index in [1.54, 1.807) is 17.0 Å². The number of carbonyl (C=O) groups is 2. The van der Waals surface area contributed by atoms with Gasteiger partial charge in [0, 0.05) is 37.5 Å². The predicted molar refractivity (Wildman–Crippen MR) is 171 cm³/mol. The summed E-state index contributed by atoms with van der Waals surface area (Å²) in [4.78, 5) is 29.1. The van der Waals surface area contributed by atoms with Gasteiger partial charge < -0.3 is 10.2 Å². The molecule has 0 heterocycles. The van der Waals surface area contributed by atoms with Gasteiger partial charge in [-0.2, -0.15) is 0 Å². The van der Waals surface area contributed by atoms with Crippen molar-refractivity contribution in [1.82, 2.24) is 10.2 Å². The second-order valence-corrected chi connectivity index (χ2v) is 13.1. The Kier molecular flexibility index (Phi) is 12.4. The van der Waals surface area contributed by atoms with Gasteiger partial charge in [0.15, 0.2) is 0 Å². The fourth-order valence-corrected chi connectivity index (χ4v) is 5.96. The molecule has 7 nitrogen and oxygen atoms in total. The number of anilines is 1. The number of rotatable bonds is 15. The number of sulfonamides is 1. The molecule has 0 saturated carbocycles. The van der Waals surface area contributed by atoms with Crippen LogP contribution < -0.4 is 9.62 Å². The lowest BCUT2D eigenvalue weighted by atomic mass is 10.0. The third-order valence-corrected chi connectivity index (χ3v) is 8.58. The fraction of sp³-hybridized carbons (Fsp3) is 0.394. The van der Waals surface area contributed by atoms with E-state index in [1.165, 1.54) is 10.6 Å². The Labute approximate surface area is 255 Å². The Balaban J connectivity index is 1.88. The van der Waals surface area contributed by atoms with Crippen LogP contribution >= 0.6 is 11.6 Å². The minimum absolute atomic E-state index is 0.0814. The van der Waals surface area contributed by atoms with Gasteiger partial charge in [-0.1, -0.05) is 79.5 Å².